The highest BCUT2D eigenvalue weighted by molar-refractivity contribution is 6.30. The van der Waals surface area contributed by atoms with E-state index < -0.39 is 35.4 Å². The van der Waals surface area contributed by atoms with Gasteiger partial charge in [0.1, 0.15) is 0 Å². The zero-order valence-corrected chi connectivity index (χ0v) is 15.6. The number of carbonyl (C=O) groups is 2. The highest BCUT2D eigenvalue weighted by Crippen LogP contribution is 2.49. The summed E-state index contributed by atoms with van der Waals surface area (Å²) in [6.45, 7) is 1.34. The maximum Gasteiger partial charge on any atom is 0.418 e. The molecule has 0 heterocycles. The molecule has 1 aromatic rings. The average molecular weight is 404 g/mol. The number of hydrogen-bond donors (Lipinski definition) is 1. The van der Waals surface area contributed by atoms with E-state index in [2.05, 4.69) is 5.32 Å². The molecule has 4 nitrogen and oxygen atoms in total. The van der Waals surface area contributed by atoms with Crippen LogP contribution in [0.3, 0.4) is 0 Å². The third-order valence-corrected chi connectivity index (χ3v) is 5.77. The normalized spacial score (nSPS) is 25.3. The van der Waals surface area contributed by atoms with Crippen molar-refractivity contribution in [3.8, 4) is 0 Å². The molecule has 2 bridgehead atoms. The number of rotatable bonds is 5. The van der Waals surface area contributed by atoms with Crippen molar-refractivity contribution in [2.75, 3.05) is 5.32 Å². The molecule has 27 heavy (non-hydrogen) atoms. The molecule has 2 aliphatic carbocycles. The quantitative estimate of drug-likeness (QED) is 0.699. The van der Waals surface area contributed by atoms with E-state index in [0.29, 0.717) is 17.8 Å². The fourth-order valence-corrected chi connectivity index (χ4v) is 4.41. The van der Waals surface area contributed by atoms with Gasteiger partial charge >= 0.3 is 12.1 Å². The predicted octanol–water partition coefficient (Wildman–Crippen LogP) is 5.06. The van der Waals surface area contributed by atoms with Gasteiger partial charge in [-0.1, -0.05) is 18.0 Å². The Morgan fingerprint density at radius 1 is 1.30 bits per heavy atom. The van der Waals surface area contributed by atoms with Gasteiger partial charge < -0.3 is 10.1 Å². The van der Waals surface area contributed by atoms with Crippen molar-refractivity contribution < 1.29 is 27.5 Å². The van der Waals surface area contributed by atoms with Crippen LogP contribution in [0.2, 0.25) is 5.02 Å². The lowest BCUT2D eigenvalue weighted by Gasteiger charge is -2.22. The summed E-state index contributed by atoms with van der Waals surface area (Å²) in [5, 5.41) is 2.08. The number of amides is 1. The molecular formula is C19H21ClF3NO3. The molecule has 0 spiro atoms. The average Bonchev–Trinajstić information content (AvgIpc) is 3.18. The van der Waals surface area contributed by atoms with Crippen LogP contribution in [0.25, 0.3) is 0 Å². The lowest BCUT2D eigenvalue weighted by Crippen LogP contribution is -2.31. The number of ether oxygens (including phenoxy) is 1. The van der Waals surface area contributed by atoms with Gasteiger partial charge in [0, 0.05) is 11.4 Å². The molecule has 2 saturated carbocycles. The van der Waals surface area contributed by atoms with Gasteiger partial charge in [-0.25, -0.2) is 0 Å². The SMILES string of the molecule is CC(OC(=O)CC1CC2CCC1C2)C(=O)Nc1ccc(Cl)cc1C(F)(F)F. The van der Waals surface area contributed by atoms with Crippen LogP contribution in [0.5, 0.6) is 0 Å². The second-order valence-electron chi connectivity index (χ2n) is 7.45. The first-order valence-corrected chi connectivity index (χ1v) is 9.38. The maximum absolute atomic E-state index is 13.1. The topological polar surface area (TPSA) is 55.4 Å². The van der Waals surface area contributed by atoms with Crippen LogP contribution < -0.4 is 5.32 Å². The molecule has 2 aliphatic rings. The molecule has 1 amide bonds. The van der Waals surface area contributed by atoms with Crippen molar-refractivity contribution in [2.45, 2.75) is 51.3 Å². The number of halogens is 4. The second-order valence-corrected chi connectivity index (χ2v) is 7.88. The van der Waals surface area contributed by atoms with Gasteiger partial charge in [-0.05, 0) is 62.1 Å². The largest absolute Gasteiger partial charge is 0.453 e. The molecule has 0 saturated heterocycles. The van der Waals surface area contributed by atoms with Crippen LogP contribution in [0, 0.1) is 17.8 Å². The lowest BCUT2D eigenvalue weighted by molar-refractivity contribution is -0.154. The number of benzene rings is 1. The zero-order chi connectivity index (χ0) is 19.8. The molecule has 4 atom stereocenters. The van der Waals surface area contributed by atoms with Gasteiger partial charge in [-0.2, -0.15) is 13.2 Å². The van der Waals surface area contributed by atoms with Crippen LogP contribution in [-0.2, 0) is 20.5 Å². The van der Waals surface area contributed by atoms with Gasteiger partial charge in [0.15, 0.2) is 6.10 Å². The Morgan fingerprint density at radius 3 is 2.63 bits per heavy atom. The summed E-state index contributed by atoms with van der Waals surface area (Å²) < 4.78 is 44.4. The van der Waals surface area contributed by atoms with Crippen LogP contribution in [0.4, 0.5) is 18.9 Å². The molecule has 4 unspecified atom stereocenters. The Labute approximate surface area is 160 Å². The van der Waals surface area contributed by atoms with Crippen molar-refractivity contribution in [3.63, 3.8) is 0 Å². The van der Waals surface area contributed by atoms with E-state index in [9.17, 15) is 22.8 Å². The first-order chi connectivity index (χ1) is 12.6. The summed E-state index contributed by atoms with van der Waals surface area (Å²) in [5.41, 5.74) is -1.48. The van der Waals surface area contributed by atoms with Gasteiger partial charge in [-0.3, -0.25) is 9.59 Å². The van der Waals surface area contributed by atoms with E-state index in [1.54, 1.807) is 0 Å². The van der Waals surface area contributed by atoms with E-state index >= 15 is 0 Å². The smallest absolute Gasteiger partial charge is 0.418 e. The second kappa shape index (κ2) is 7.70. The molecule has 1 aromatic carbocycles. The molecule has 1 N–H and O–H groups in total. The predicted molar refractivity (Wildman–Crippen MR) is 94.2 cm³/mol. The number of nitrogens with one attached hydrogen (secondary N) is 1. The van der Waals surface area contributed by atoms with Crippen molar-refractivity contribution in [1.29, 1.82) is 0 Å². The highest BCUT2D eigenvalue weighted by atomic mass is 35.5. The van der Waals surface area contributed by atoms with Crippen LogP contribution in [0.1, 0.15) is 44.6 Å². The van der Waals surface area contributed by atoms with E-state index in [4.69, 9.17) is 16.3 Å². The fourth-order valence-electron chi connectivity index (χ4n) is 4.23. The molecule has 0 aromatic heterocycles. The maximum atomic E-state index is 13.1. The monoisotopic (exact) mass is 403 g/mol. The molecule has 2 fully saturated rings. The number of anilines is 1. The minimum absolute atomic E-state index is 0.0920. The van der Waals surface area contributed by atoms with Gasteiger partial charge in [-0.15, -0.1) is 0 Å². The van der Waals surface area contributed by atoms with Crippen LogP contribution >= 0.6 is 11.6 Å². The number of carbonyl (C=O) groups excluding carboxylic acids is 2. The molecular weight excluding hydrogens is 383 g/mol. The van der Waals surface area contributed by atoms with E-state index in [0.717, 1.165) is 31.4 Å². The van der Waals surface area contributed by atoms with Crippen molar-refractivity contribution in [1.82, 2.24) is 0 Å². The summed E-state index contributed by atoms with van der Waals surface area (Å²) in [6, 6.07) is 3.06. The molecule has 3 rings (SSSR count). The first kappa shape index (κ1) is 20.0. The number of hydrogen-bond acceptors (Lipinski definition) is 3. The Hall–Kier alpha value is -1.76. The highest BCUT2D eigenvalue weighted by Gasteiger charge is 2.40. The van der Waals surface area contributed by atoms with Gasteiger partial charge in [0.2, 0.25) is 0 Å². The summed E-state index contributed by atoms with van der Waals surface area (Å²) in [5.74, 6) is 0.236. The zero-order valence-electron chi connectivity index (χ0n) is 14.8. The van der Waals surface area contributed by atoms with E-state index in [1.165, 1.54) is 19.4 Å². The van der Waals surface area contributed by atoms with Crippen LogP contribution in [0.15, 0.2) is 18.2 Å². The summed E-state index contributed by atoms with van der Waals surface area (Å²) in [7, 11) is 0. The fraction of sp³-hybridized carbons (Fsp3) is 0.579. The number of esters is 1. The third-order valence-electron chi connectivity index (χ3n) is 5.54. The first-order valence-electron chi connectivity index (χ1n) is 9.00. The Bertz CT molecular complexity index is 737. The Balaban J connectivity index is 1.57. The van der Waals surface area contributed by atoms with E-state index in [1.807, 2.05) is 0 Å². The molecule has 0 aliphatic heterocycles. The van der Waals surface area contributed by atoms with Crippen molar-refractivity contribution in [3.05, 3.63) is 28.8 Å². The standard InChI is InChI=1S/C19H21ClF3NO3/c1-10(27-17(25)8-13-7-11-2-3-12(13)6-11)18(26)24-16-5-4-14(20)9-15(16)19(21,22)23/h4-5,9-13H,2-3,6-8H2,1H3,(H,24,26). The minimum Gasteiger partial charge on any atom is -0.453 e. The summed E-state index contributed by atoms with van der Waals surface area (Å²) >= 11 is 5.62. The Morgan fingerprint density at radius 2 is 2.04 bits per heavy atom. The molecule has 148 valence electrons. The molecule has 0 radical (unpaired) electrons. The van der Waals surface area contributed by atoms with Gasteiger partial charge in [0.05, 0.1) is 11.3 Å². The van der Waals surface area contributed by atoms with Gasteiger partial charge in [0.25, 0.3) is 5.91 Å². The lowest BCUT2D eigenvalue weighted by atomic mass is 9.86. The number of fused-ring (bicyclic) bond motifs is 2. The summed E-state index contributed by atoms with van der Waals surface area (Å²) in [4.78, 5) is 24.3. The summed E-state index contributed by atoms with van der Waals surface area (Å²) in [6.07, 6.45) is -1.08. The Kier molecular flexibility index (Phi) is 5.70. The number of alkyl halides is 3. The van der Waals surface area contributed by atoms with E-state index in [-0.39, 0.29) is 11.4 Å². The van der Waals surface area contributed by atoms with Crippen molar-refractivity contribution >= 4 is 29.2 Å². The van der Waals surface area contributed by atoms with Crippen molar-refractivity contribution in [2.24, 2.45) is 17.8 Å². The third kappa shape index (κ3) is 4.75. The molecule has 8 heteroatoms. The minimum atomic E-state index is -4.67. The van der Waals surface area contributed by atoms with Crippen LogP contribution in [-0.4, -0.2) is 18.0 Å².